The number of amides is 1. The Labute approximate surface area is 84.6 Å². The average molecular weight is 194 g/mol. The van der Waals surface area contributed by atoms with Crippen molar-refractivity contribution in [3.05, 3.63) is 0 Å². The second kappa shape index (κ2) is 3.23. The van der Waals surface area contributed by atoms with Gasteiger partial charge in [-0.2, -0.15) is 0 Å². The van der Waals surface area contributed by atoms with E-state index in [9.17, 15) is 4.79 Å². The first-order chi connectivity index (χ1) is 6.84. The van der Waals surface area contributed by atoms with Gasteiger partial charge in [-0.05, 0) is 44.1 Å². The molecule has 2 aliphatic carbocycles. The molecule has 1 amide bonds. The van der Waals surface area contributed by atoms with E-state index in [0.717, 1.165) is 31.3 Å². The summed E-state index contributed by atoms with van der Waals surface area (Å²) in [4.78, 5) is 11.7. The van der Waals surface area contributed by atoms with Crippen molar-refractivity contribution in [1.82, 2.24) is 10.6 Å². The highest BCUT2D eigenvalue weighted by atomic mass is 16.2. The van der Waals surface area contributed by atoms with Crippen LogP contribution in [0.25, 0.3) is 0 Å². The Morgan fingerprint density at radius 3 is 2.79 bits per heavy atom. The standard InChI is InChI=1S/C11H18N2O/c14-11(8-3-4-12-6-8)13-10-5-9(10)7-1-2-7/h7-10,12H,1-6H2,(H,13,14)/t8-,9?,10?/m1/s1. The summed E-state index contributed by atoms with van der Waals surface area (Å²) in [5.41, 5.74) is 0. The number of carbonyl (C=O) groups is 1. The Kier molecular flexibility index (Phi) is 2.01. The fourth-order valence-electron chi connectivity index (χ4n) is 2.60. The molecule has 1 aliphatic heterocycles. The lowest BCUT2D eigenvalue weighted by atomic mass is 10.1. The second-order valence-corrected chi connectivity index (χ2v) is 5.04. The molecule has 14 heavy (non-hydrogen) atoms. The van der Waals surface area contributed by atoms with Gasteiger partial charge in [-0.15, -0.1) is 0 Å². The third-order valence-corrected chi connectivity index (χ3v) is 3.83. The largest absolute Gasteiger partial charge is 0.353 e. The number of hydrogen-bond acceptors (Lipinski definition) is 2. The maximum atomic E-state index is 11.7. The summed E-state index contributed by atoms with van der Waals surface area (Å²) >= 11 is 0. The van der Waals surface area contributed by atoms with Gasteiger partial charge < -0.3 is 10.6 Å². The summed E-state index contributed by atoms with van der Waals surface area (Å²) < 4.78 is 0. The molecule has 3 heteroatoms. The third kappa shape index (κ3) is 1.65. The smallest absolute Gasteiger partial charge is 0.224 e. The first-order valence-electron chi connectivity index (χ1n) is 5.85. The summed E-state index contributed by atoms with van der Waals surface area (Å²) in [5, 5.41) is 6.42. The van der Waals surface area contributed by atoms with Crippen LogP contribution in [0, 0.1) is 17.8 Å². The summed E-state index contributed by atoms with van der Waals surface area (Å²) in [6.45, 7) is 1.89. The lowest BCUT2D eigenvalue weighted by molar-refractivity contribution is -0.124. The van der Waals surface area contributed by atoms with Crippen molar-refractivity contribution < 1.29 is 4.79 Å². The van der Waals surface area contributed by atoms with E-state index in [2.05, 4.69) is 10.6 Å². The first kappa shape index (κ1) is 8.72. The van der Waals surface area contributed by atoms with Gasteiger partial charge in [-0.1, -0.05) is 0 Å². The quantitative estimate of drug-likeness (QED) is 0.687. The Balaban J connectivity index is 1.45. The molecule has 2 unspecified atom stereocenters. The van der Waals surface area contributed by atoms with E-state index >= 15 is 0 Å². The minimum atomic E-state index is 0.246. The van der Waals surface area contributed by atoms with E-state index in [-0.39, 0.29) is 5.92 Å². The molecule has 0 aromatic rings. The normalized spacial score (nSPS) is 41.0. The Hall–Kier alpha value is -0.570. The van der Waals surface area contributed by atoms with Crippen LogP contribution >= 0.6 is 0 Å². The molecule has 3 rings (SSSR count). The van der Waals surface area contributed by atoms with E-state index in [1.807, 2.05) is 0 Å². The number of carbonyl (C=O) groups excluding carboxylic acids is 1. The van der Waals surface area contributed by atoms with Crippen LogP contribution in [0.15, 0.2) is 0 Å². The molecule has 3 nitrogen and oxygen atoms in total. The molecule has 0 radical (unpaired) electrons. The van der Waals surface area contributed by atoms with Crippen LogP contribution in [0.5, 0.6) is 0 Å². The predicted octanol–water partition coefficient (Wildman–Crippen LogP) is 0.511. The van der Waals surface area contributed by atoms with Crippen molar-refractivity contribution in [2.24, 2.45) is 17.8 Å². The minimum Gasteiger partial charge on any atom is -0.353 e. The molecule has 2 saturated carbocycles. The van der Waals surface area contributed by atoms with Crippen molar-refractivity contribution in [1.29, 1.82) is 0 Å². The summed E-state index contributed by atoms with van der Waals surface area (Å²) in [5.74, 6) is 2.34. The molecule has 0 bridgehead atoms. The fraction of sp³-hybridized carbons (Fsp3) is 0.909. The summed E-state index contributed by atoms with van der Waals surface area (Å²) in [6.07, 6.45) is 5.08. The van der Waals surface area contributed by atoms with Crippen molar-refractivity contribution >= 4 is 5.91 Å². The maximum absolute atomic E-state index is 11.7. The van der Waals surface area contributed by atoms with Crippen LogP contribution in [0.1, 0.15) is 25.7 Å². The zero-order valence-electron chi connectivity index (χ0n) is 8.46. The van der Waals surface area contributed by atoms with Crippen molar-refractivity contribution in [2.75, 3.05) is 13.1 Å². The third-order valence-electron chi connectivity index (χ3n) is 3.83. The van der Waals surface area contributed by atoms with Gasteiger partial charge in [-0.25, -0.2) is 0 Å². The summed E-state index contributed by atoms with van der Waals surface area (Å²) in [6, 6.07) is 0.538. The van der Waals surface area contributed by atoms with Crippen LogP contribution in [-0.4, -0.2) is 25.0 Å². The first-order valence-corrected chi connectivity index (χ1v) is 5.85. The highest BCUT2D eigenvalue weighted by molar-refractivity contribution is 5.79. The molecular weight excluding hydrogens is 176 g/mol. The van der Waals surface area contributed by atoms with Gasteiger partial charge in [-0.3, -0.25) is 4.79 Å². The maximum Gasteiger partial charge on any atom is 0.224 e. The predicted molar refractivity (Wildman–Crippen MR) is 53.7 cm³/mol. The van der Waals surface area contributed by atoms with Crippen LogP contribution in [0.4, 0.5) is 0 Å². The number of hydrogen-bond donors (Lipinski definition) is 2. The van der Waals surface area contributed by atoms with Gasteiger partial charge in [0, 0.05) is 12.6 Å². The average Bonchev–Trinajstić information content (AvgIpc) is 3.06. The second-order valence-electron chi connectivity index (χ2n) is 5.04. The molecule has 0 spiro atoms. The Morgan fingerprint density at radius 1 is 1.29 bits per heavy atom. The number of rotatable bonds is 3. The van der Waals surface area contributed by atoms with Crippen molar-refractivity contribution in [3.8, 4) is 0 Å². The molecule has 3 atom stereocenters. The van der Waals surface area contributed by atoms with Crippen LogP contribution in [-0.2, 0) is 4.79 Å². The van der Waals surface area contributed by atoms with E-state index in [1.54, 1.807) is 0 Å². The minimum absolute atomic E-state index is 0.246. The van der Waals surface area contributed by atoms with Crippen molar-refractivity contribution in [3.63, 3.8) is 0 Å². The van der Waals surface area contributed by atoms with Crippen molar-refractivity contribution in [2.45, 2.75) is 31.7 Å². The highest BCUT2D eigenvalue weighted by Crippen LogP contribution is 2.50. The fourth-order valence-corrected chi connectivity index (χ4v) is 2.60. The van der Waals surface area contributed by atoms with E-state index in [4.69, 9.17) is 0 Å². The zero-order chi connectivity index (χ0) is 9.54. The van der Waals surface area contributed by atoms with Gasteiger partial charge in [0.2, 0.25) is 5.91 Å². The summed E-state index contributed by atoms with van der Waals surface area (Å²) in [7, 11) is 0. The van der Waals surface area contributed by atoms with Gasteiger partial charge in [0.05, 0.1) is 5.92 Å². The zero-order valence-corrected chi connectivity index (χ0v) is 8.46. The Bertz CT molecular complexity index is 244. The molecule has 3 fully saturated rings. The molecule has 1 heterocycles. The number of nitrogens with one attached hydrogen (secondary N) is 2. The van der Waals surface area contributed by atoms with E-state index in [1.165, 1.54) is 19.3 Å². The molecule has 78 valence electrons. The highest BCUT2D eigenvalue weighted by Gasteiger charge is 2.48. The lowest BCUT2D eigenvalue weighted by Crippen LogP contribution is -2.34. The molecule has 1 saturated heterocycles. The van der Waals surface area contributed by atoms with Gasteiger partial charge >= 0.3 is 0 Å². The SMILES string of the molecule is O=C(NC1CC1C1CC1)[C@@H]1CCNC1. The van der Waals surface area contributed by atoms with Gasteiger partial charge in [0.1, 0.15) is 0 Å². The van der Waals surface area contributed by atoms with E-state index in [0.29, 0.717) is 11.9 Å². The van der Waals surface area contributed by atoms with Gasteiger partial charge in [0.25, 0.3) is 0 Å². The molecule has 2 N–H and O–H groups in total. The monoisotopic (exact) mass is 194 g/mol. The Morgan fingerprint density at radius 2 is 2.14 bits per heavy atom. The topological polar surface area (TPSA) is 41.1 Å². The van der Waals surface area contributed by atoms with Crippen LogP contribution in [0.2, 0.25) is 0 Å². The van der Waals surface area contributed by atoms with Gasteiger partial charge in [0.15, 0.2) is 0 Å². The van der Waals surface area contributed by atoms with E-state index < -0.39 is 0 Å². The molecule has 0 aromatic carbocycles. The van der Waals surface area contributed by atoms with Crippen LogP contribution in [0.3, 0.4) is 0 Å². The molecule has 0 aromatic heterocycles. The molecule has 3 aliphatic rings. The molecular formula is C11H18N2O. The lowest BCUT2D eigenvalue weighted by Gasteiger charge is -2.09. The van der Waals surface area contributed by atoms with Crippen LogP contribution < -0.4 is 10.6 Å².